The highest BCUT2D eigenvalue weighted by atomic mass is 32.2. The van der Waals surface area contributed by atoms with Crippen LogP contribution in [-0.2, 0) is 28.5 Å². The summed E-state index contributed by atoms with van der Waals surface area (Å²) in [4.78, 5) is 12.1. The molecule has 3 heterocycles. The number of hydrogen-bond acceptors (Lipinski definition) is 7. The molecule has 0 spiro atoms. The highest BCUT2D eigenvalue weighted by Crippen LogP contribution is 2.49. The summed E-state index contributed by atoms with van der Waals surface area (Å²) >= 11 is 0. The fraction of sp³-hybridized carbons (Fsp3) is 0.350. The first-order valence-electron chi connectivity index (χ1n) is 10.00. The monoisotopic (exact) mass is 484 g/mol. The zero-order valence-electron chi connectivity index (χ0n) is 17.2. The number of nitrogens with one attached hydrogen (secondary N) is 3. The maximum Gasteiger partial charge on any atom is 0.426 e. The number of hydrazine groups is 1. The van der Waals surface area contributed by atoms with Gasteiger partial charge in [-0.1, -0.05) is 12.1 Å². The van der Waals surface area contributed by atoms with Crippen LogP contribution in [0.5, 0.6) is 11.5 Å². The predicted molar refractivity (Wildman–Crippen MR) is 109 cm³/mol. The highest BCUT2D eigenvalue weighted by Gasteiger charge is 2.69. The number of benzene rings is 2. The standard InChI is InChI=1S/C20H19F3N4O5S/c1-27-19(26-27,20(21,22)23)12-3-2-4-13(10-12)33(29,30)25-18(28)24-16-14-6-8-31-15(14)9-11-5-7-32-17(11)16/h2-4,9-10,26H,5-8H2,1H3,(H2,24,25,28). The van der Waals surface area contributed by atoms with Crippen molar-refractivity contribution in [2.24, 2.45) is 0 Å². The summed E-state index contributed by atoms with van der Waals surface area (Å²) in [5, 5.41) is 3.35. The van der Waals surface area contributed by atoms with Crippen LogP contribution in [0.1, 0.15) is 16.7 Å². The Morgan fingerprint density at radius 3 is 2.61 bits per heavy atom. The Labute approximate surface area is 186 Å². The molecule has 2 unspecified atom stereocenters. The van der Waals surface area contributed by atoms with Crippen LogP contribution >= 0.6 is 0 Å². The number of sulfonamides is 1. The summed E-state index contributed by atoms with van der Waals surface area (Å²) in [5.74, 6) is 1.06. The van der Waals surface area contributed by atoms with E-state index in [4.69, 9.17) is 9.47 Å². The van der Waals surface area contributed by atoms with Gasteiger partial charge in [-0.05, 0) is 23.8 Å². The van der Waals surface area contributed by atoms with Crippen molar-refractivity contribution in [3.05, 3.63) is 47.0 Å². The molecule has 3 aliphatic rings. The number of anilines is 1. The number of nitrogens with zero attached hydrogens (tertiary/aromatic N) is 1. The summed E-state index contributed by atoms with van der Waals surface area (Å²) < 4.78 is 79.3. The molecule has 3 aliphatic heterocycles. The van der Waals surface area contributed by atoms with Gasteiger partial charge in [-0.2, -0.15) is 13.2 Å². The van der Waals surface area contributed by atoms with Gasteiger partial charge < -0.3 is 14.8 Å². The average Bonchev–Trinajstić information content (AvgIpc) is 3.07. The van der Waals surface area contributed by atoms with Crippen LogP contribution < -0.4 is 24.9 Å². The predicted octanol–water partition coefficient (Wildman–Crippen LogP) is 2.23. The van der Waals surface area contributed by atoms with Crippen LogP contribution in [0.2, 0.25) is 0 Å². The van der Waals surface area contributed by atoms with Gasteiger partial charge in [-0.3, -0.25) is 0 Å². The molecular weight excluding hydrogens is 465 g/mol. The van der Waals surface area contributed by atoms with Crippen molar-refractivity contribution in [2.45, 2.75) is 29.6 Å². The maximum atomic E-state index is 13.6. The number of fused-ring (bicyclic) bond motifs is 2. The van der Waals surface area contributed by atoms with Gasteiger partial charge in [-0.25, -0.2) is 28.4 Å². The molecule has 0 saturated carbocycles. The van der Waals surface area contributed by atoms with Gasteiger partial charge in [0.15, 0.2) is 0 Å². The van der Waals surface area contributed by atoms with Crippen LogP contribution in [-0.4, -0.2) is 45.9 Å². The Morgan fingerprint density at radius 2 is 1.91 bits per heavy atom. The molecule has 0 bridgehead atoms. The van der Waals surface area contributed by atoms with Crippen molar-refractivity contribution in [2.75, 3.05) is 25.6 Å². The van der Waals surface area contributed by atoms with Gasteiger partial charge >= 0.3 is 12.2 Å². The van der Waals surface area contributed by atoms with Crippen molar-refractivity contribution >= 4 is 21.7 Å². The third-order valence-electron chi connectivity index (χ3n) is 5.87. The number of carbonyl (C=O) groups excluding carboxylic acids is 1. The molecule has 0 aromatic heterocycles. The van der Waals surface area contributed by atoms with Crippen molar-refractivity contribution in [1.29, 1.82) is 0 Å². The zero-order chi connectivity index (χ0) is 23.6. The Morgan fingerprint density at radius 1 is 1.18 bits per heavy atom. The summed E-state index contributed by atoms with van der Waals surface area (Å²) in [6.07, 6.45) is -3.56. The molecule has 3 N–H and O–H groups in total. The molecule has 2 aromatic carbocycles. The molecule has 2 amide bonds. The first kappa shape index (κ1) is 21.8. The smallest absolute Gasteiger partial charge is 0.426 e. The minimum absolute atomic E-state index is 0.315. The molecule has 1 saturated heterocycles. The molecule has 1 fully saturated rings. The van der Waals surface area contributed by atoms with Gasteiger partial charge in [0.1, 0.15) is 11.5 Å². The number of alkyl halides is 3. The largest absolute Gasteiger partial charge is 0.493 e. The Kier molecular flexibility index (Phi) is 4.78. The van der Waals surface area contributed by atoms with E-state index in [2.05, 4.69) is 10.7 Å². The minimum atomic E-state index is -4.69. The number of rotatable bonds is 4. The Balaban J connectivity index is 1.40. The average molecular weight is 484 g/mol. The molecule has 176 valence electrons. The molecule has 5 rings (SSSR count). The molecule has 9 nitrogen and oxygen atoms in total. The van der Waals surface area contributed by atoms with E-state index in [9.17, 15) is 26.4 Å². The first-order valence-corrected chi connectivity index (χ1v) is 11.5. The first-order chi connectivity index (χ1) is 15.5. The quantitative estimate of drug-likeness (QED) is 0.570. The number of hydrogen-bond donors (Lipinski definition) is 3. The van der Waals surface area contributed by atoms with Gasteiger partial charge in [0.2, 0.25) is 5.66 Å². The molecule has 33 heavy (non-hydrogen) atoms. The Hall–Kier alpha value is -3.03. The number of urea groups is 1. The van der Waals surface area contributed by atoms with E-state index in [-0.39, 0.29) is 5.56 Å². The molecular formula is C20H19F3N4O5S. The lowest BCUT2D eigenvalue weighted by Crippen LogP contribution is -2.36. The number of halogens is 3. The molecule has 13 heteroatoms. The summed E-state index contributed by atoms with van der Waals surface area (Å²) in [6, 6.07) is 5.12. The van der Waals surface area contributed by atoms with Crippen molar-refractivity contribution in [3.63, 3.8) is 0 Å². The van der Waals surface area contributed by atoms with Gasteiger partial charge in [0, 0.05) is 31.0 Å². The van der Waals surface area contributed by atoms with E-state index >= 15 is 0 Å². The molecule has 0 radical (unpaired) electrons. The van der Waals surface area contributed by atoms with Gasteiger partial charge in [-0.15, -0.1) is 0 Å². The topological polar surface area (TPSA) is 119 Å². The lowest BCUT2D eigenvalue weighted by Gasteiger charge is -2.19. The van der Waals surface area contributed by atoms with E-state index in [0.717, 1.165) is 28.8 Å². The highest BCUT2D eigenvalue weighted by molar-refractivity contribution is 7.90. The van der Waals surface area contributed by atoms with Crippen LogP contribution in [0, 0.1) is 0 Å². The second kappa shape index (κ2) is 7.23. The number of carbonyl (C=O) groups is 1. The van der Waals surface area contributed by atoms with Crippen LogP contribution in [0.3, 0.4) is 0 Å². The summed E-state index contributed by atoms with van der Waals surface area (Å²) in [7, 11) is -3.28. The maximum absolute atomic E-state index is 13.6. The second-order valence-corrected chi connectivity index (χ2v) is 9.56. The van der Waals surface area contributed by atoms with Gasteiger partial charge in [0.25, 0.3) is 10.0 Å². The van der Waals surface area contributed by atoms with Crippen LogP contribution in [0.4, 0.5) is 23.7 Å². The molecule has 2 atom stereocenters. The normalized spacial score (nSPS) is 23.2. The van der Waals surface area contributed by atoms with E-state index < -0.39 is 32.8 Å². The van der Waals surface area contributed by atoms with Crippen molar-refractivity contribution in [3.8, 4) is 11.5 Å². The summed E-state index contributed by atoms with van der Waals surface area (Å²) in [6.45, 7) is 0.839. The third kappa shape index (κ3) is 3.47. The van der Waals surface area contributed by atoms with E-state index in [1.165, 1.54) is 13.1 Å². The lowest BCUT2D eigenvalue weighted by molar-refractivity contribution is -0.174. The number of amides is 2. The SMILES string of the molecule is CN1NC1(c1cccc(S(=O)(=O)NC(=O)Nc2c3c(cc4c2OCC4)OCC3)c1)C(F)(F)F. The van der Waals surface area contributed by atoms with Gasteiger partial charge in [0.05, 0.1) is 23.8 Å². The van der Waals surface area contributed by atoms with E-state index in [1.807, 2.05) is 10.8 Å². The zero-order valence-corrected chi connectivity index (χ0v) is 18.1. The molecule has 0 aliphatic carbocycles. The van der Waals surface area contributed by atoms with Crippen LogP contribution in [0.15, 0.2) is 35.2 Å². The van der Waals surface area contributed by atoms with Crippen LogP contribution in [0.25, 0.3) is 0 Å². The minimum Gasteiger partial charge on any atom is -0.493 e. The third-order valence-corrected chi connectivity index (χ3v) is 7.20. The van der Waals surface area contributed by atoms with Crippen molar-refractivity contribution < 1.29 is 35.9 Å². The van der Waals surface area contributed by atoms with E-state index in [0.29, 0.717) is 48.8 Å². The second-order valence-electron chi connectivity index (χ2n) is 7.88. The fourth-order valence-electron chi connectivity index (χ4n) is 4.22. The molecule has 2 aromatic rings. The van der Waals surface area contributed by atoms with Crippen molar-refractivity contribution in [1.82, 2.24) is 15.2 Å². The summed E-state index contributed by atoms with van der Waals surface area (Å²) in [5.41, 5.74) is 1.25. The fourth-order valence-corrected chi connectivity index (χ4v) is 5.17. The lowest BCUT2D eigenvalue weighted by atomic mass is 10.0. The Bertz CT molecular complexity index is 1230. The van der Waals surface area contributed by atoms with E-state index in [1.54, 1.807) is 0 Å². The number of ether oxygens (including phenoxy) is 2.